The highest BCUT2D eigenvalue weighted by atomic mass is 16.5. The molecule has 0 heterocycles. The molecular formula is C33H43N3O3. The number of nitrogens with zero attached hydrogens (tertiary/aromatic N) is 2. The van der Waals surface area contributed by atoms with E-state index in [1.807, 2.05) is 60.7 Å². The lowest BCUT2D eigenvalue weighted by molar-refractivity contribution is 0.257. The molecule has 0 aromatic heterocycles. The molecule has 2 N–H and O–H groups in total. The first-order valence-corrected chi connectivity index (χ1v) is 13.4. The Morgan fingerprint density at radius 2 is 1.51 bits per heavy atom. The number of hydrogen-bond donors (Lipinski definition) is 2. The Kier molecular flexibility index (Phi) is 9.44. The van der Waals surface area contributed by atoms with E-state index in [1.165, 1.54) is 0 Å². The maximum Gasteiger partial charge on any atom is 0.161 e. The van der Waals surface area contributed by atoms with Crippen LogP contribution in [0.3, 0.4) is 0 Å². The smallest absolute Gasteiger partial charge is 0.161 e. The van der Waals surface area contributed by atoms with Crippen molar-refractivity contribution >= 4 is 17.7 Å². The van der Waals surface area contributed by atoms with Crippen LogP contribution in [-0.2, 0) is 10.8 Å². The van der Waals surface area contributed by atoms with E-state index in [4.69, 9.17) is 14.5 Å². The summed E-state index contributed by atoms with van der Waals surface area (Å²) in [7, 11) is 1.63. The van der Waals surface area contributed by atoms with Gasteiger partial charge in [0.05, 0.1) is 25.6 Å². The third-order valence-corrected chi connectivity index (χ3v) is 6.14. The quantitative estimate of drug-likeness (QED) is 0.178. The van der Waals surface area contributed by atoms with Gasteiger partial charge in [-0.1, -0.05) is 73.6 Å². The van der Waals surface area contributed by atoms with E-state index in [0.717, 1.165) is 27.9 Å². The van der Waals surface area contributed by atoms with Gasteiger partial charge in [0.1, 0.15) is 5.75 Å². The van der Waals surface area contributed by atoms with Crippen LogP contribution in [0, 0.1) is 5.92 Å². The highest BCUT2D eigenvalue weighted by molar-refractivity contribution is 6.01. The summed E-state index contributed by atoms with van der Waals surface area (Å²) >= 11 is 0. The van der Waals surface area contributed by atoms with Crippen LogP contribution < -0.4 is 14.9 Å². The van der Waals surface area contributed by atoms with Crippen LogP contribution in [0.1, 0.15) is 77.6 Å². The zero-order valence-corrected chi connectivity index (χ0v) is 24.8. The second kappa shape index (κ2) is 12.4. The van der Waals surface area contributed by atoms with E-state index in [9.17, 15) is 5.11 Å². The topological polar surface area (TPSA) is 75.4 Å². The van der Waals surface area contributed by atoms with Crippen molar-refractivity contribution in [3.8, 4) is 17.2 Å². The molecule has 0 radical (unpaired) electrons. The monoisotopic (exact) mass is 529 g/mol. The first kappa shape index (κ1) is 29.8. The molecule has 208 valence electrons. The summed E-state index contributed by atoms with van der Waals surface area (Å²) in [5.74, 6) is 2.68. The molecule has 0 aliphatic carbocycles. The molecule has 0 amide bonds. The molecule has 0 spiro atoms. The number of phenols is 1. The summed E-state index contributed by atoms with van der Waals surface area (Å²) in [6, 6.07) is 19.5. The molecule has 0 bridgehead atoms. The Balaban J connectivity index is 2.03. The zero-order chi connectivity index (χ0) is 28.8. The molecule has 0 aliphatic rings. The van der Waals surface area contributed by atoms with Gasteiger partial charge in [0.2, 0.25) is 0 Å². The van der Waals surface area contributed by atoms with Crippen molar-refractivity contribution in [2.45, 2.75) is 66.2 Å². The lowest BCUT2D eigenvalue weighted by Gasteiger charge is -2.28. The van der Waals surface area contributed by atoms with Crippen molar-refractivity contribution in [2.24, 2.45) is 16.0 Å². The summed E-state index contributed by atoms with van der Waals surface area (Å²) in [6.45, 7) is 17.4. The fourth-order valence-corrected chi connectivity index (χ4v) is 4.01. The minimum absolute atomic E-state index is 0.267. The van der Waals surface area contributed by atoms with Gasteiger partial charge in [-0.15, -0.1) is 0 Å². The van der Waals surface area contributed by atoms with Gasteiger partial charge in [-0.25, -0.2) is 4.99 Å². The van der Waals surface area contributed by atoms with Crippen LogP contribution in [0.2, 0.25) is 0 Å². The molecule has 0 fully saturated rings. The third-order valence-electron chi connectivity index (χ3n) is 6.14. The molecule has 3 aromatic rings. The largest absolute Gasteiger partial charge is 0.507 e. The Labute approximate surface area is 233 Å². The van der Waals surface area contributed by atoms with E-state index in [2.05, 4.69) is 65.9 Å². The number of nitrogens with one attached hydrogen (secondary N) is 1. The van der Waals surface area contributed by atoms with Crippen LogP contribution in [-0.4, -0.2) is 30.9 Å². The number of methoxy groups -OCH3 is 1. The maximum atomic E-state index is 11.2. The molecule has 0 atom stereocenters. The van der Waals surface area contributed by atoms with E-state index >= 15 is 0 Å². The summed E-state index contributed by atoms with van der Waals surface area (Å²) in [6.07, 6.45) is 1.73. The number of benzene rings is 3. The van der Waals surface area contributed by atoms with Gasteiger partial charge in [0, 0.05) is 16.7 Å². The van der Waals surface area contributed by atoms with Gasteiger partial charge < -0.3 is 14.6 Å². The summed E-state index contributed by atoms with van der Waals surface area (Å²) in [4.78, 5) is 4.89. The average molecular weight is 530 g/mol. The zero-order valence-electron chi connectivity index (χ0n) is 24.8. The molecule has 0 unspecified atom stereocenters. The van der Waals surface area contributed by atoms with Crippen molar-refractivity contribution < 1.29 is 14.6 Å². The van der Waals surface area contributed by atoms with Gasteiger partial charge in [-0.3, -0.25) is 5.43 Å². The fraction of sp³-hybridized carbons (Fsp3) is 0.394. The van der Waals surface area contributed by atoms with Gasteiger partial charge in [0.25, 0.3) is 0 Å². The molecule has 6 nitrogen and oxygen atoms in total. The number of phenolic OH excluding ortho intramolecular Hbond substituents is 1. The molecule has 0 aliphatic heterocycles. The second-order valence-corrected chi connectivity index (χ2v) is 12.2. The van der Waals surface area contributed by atoms with E-state index in [0.29, 0.717) is 35.6 Å². The first-order chi connectivity index (χ1) is 18.3. The Bertz CT molecular complexity index is 1280. The second-order valence-electron chi connectivity index (χ2n) is 12.2. The molecule has 39 heavy (non-hydrogen) atoms. The van der Waals surface area contributed by atoms with Gasteiger partial charge in [-0.05, 0) is 64.8 Å². The standard InChI is InChI=1S/C33H43N3O3/c1-22(2)21-39-28-16-15-23(17-29(28)38-9)20-34-36-31(35-25-13-11-10-12-14-25)24-18-26(32(3,4)5)30(37)27(19-24)33(6,7)8/h10-20,22,37H,21H2,1-9H3,(H,35,36)/b34-20+. The number of ether oxygens (including phenoxy) is 2. The van der Waals surface area contributed by atoms with Gasteiger partial charge in [0.15, 0.2) is 17.3 Å². The van der Waals surface area contributed by atoms with Crippen molar-refractivity contribution in [2.75, 3.05) is 13.7 Å². The first-order valence-electron chi connectivity index (χ1n) is 13.4. The van der Waals surface area contributed by atoms with Crippen LogP contribution in [0.25, 0.3) is 0 Å². The molecule has 6 heteroatoms. The average Bonchev–Trinajstić information content (AvgIpc) is 2.86. The highest BCUT2D eigenvalue weighted by Crippen LogP contribution is 2.40. The third kappa shape index (κ3) is 8.09. The fourth-order valence-electron chi connectivity index (χ4n) is 4.01. The molecule has 3 aromatic carbocycles. The Hall–Kier alpha value is -3.80. The van der Waals surface area contributed by atoms with Crippen LogP contribution in [0.4, 0.5) is 5.69 Å². The maximum absolute atomic E-state index is 11.2. The Morgan fingerprint density at radius 3 is 2.05 bits per heavy atom. The van der Waals surface area contributed by atoms with Crippen LogP contribution in [0.5, 0.6) is 17.2 Å². The van der Waals surface area contributed by atoms with E-state index in [1.54, 1.807) is 13.3 Å². The van der Waals surface area contributed by atoms with Crippen molar-refractivity contribution in [3.05, 3.63) is 82.9 Å². The van der Waals surface area contributed by atoms with Gasteiger partial charge >= 0.3 is 0 Å². The lowest BCUT2D eigenvalue weighted by Crippen LogP contribution is -2.23. The van der Waals surface area contributed by atoms with Crippen molar-refractivity contribution in [1.29, 1.82) is 0 Å². The normalized spacial score (nSPS) is 12.7. The van der Waals surface area contributed by atoms with Crippen molar-refractivity contribution in [3.63, 3.8) is 0 Å². The van der Waals surface area contributed by atoms with Crippen LogP contribution >= 0.6 is 0 Å². The van der Waals surface area contributed by atoms with E-state index < -0.39 is 0 Å². The van der Waals surface area contributed by atoms with Crippen LogP contribution in [0.15, 0.2) is 70.8 Å². The van der Waals surface area contributed by atoms with Crippen molar-refractivity contribution in [1.82, 2.24) is 5.43 Å². The predicted molar refractivity (Wildman–Crippen MR) is 162 cm³/mol. The predicted octanol–water partition coefficient (Wildman–Crippen LogP) is 7.73. The molecular weight excluding hydrogens is 486 g/mol. The lowest BCUT2D eigenvalue weighted by atomic mass is 9.78. The highest BCUT2D eigenvalue weighted by Gasteiger charge is 2.27. The van der Waals surface area contributed by atoms with Gasteiger partial charge in [-0.2, -0.15) is 5.10 Å². The molecule has 0 saturated heterocycles. The summed E-state index contributed by atoms with van der Waals surface area (Å²) in [5.41, 5.74) is 6.85. The summed E-state index contributed by atoms with van der Waals surface area (Å²) in [5, 5.41) is 15.7. The summed E-state index contributed by atoms with van der Waals surface area (Å²) < 4.78 is 11.4. The number of aromatic hydroxyl groups is 1. The minimum Gasteiger partial charge on any atom is -0.507 e. The molecule has 0 saturated carbocycles. The Morgan fingerprint density at radius 1 is 0.897 bits per heavy atom. The number of para-hydroxylation sites is 1. The minimum atomic E-state index is -0.267. The SMILES string of the molecule is COc1cc(/C=N/NC(=Nc2ccccc2)c2cc(C(C)(C)C)c(O)c(C(C)(C)C)c2)ccc1OCC(C)C. The molecule has 3 rings (SSSR count). The number of aliphatic imine (C=N–C) groups is 1. The van der Waals surface area contributed by atoms with E-state index in [-0.39, 0.29) is 10.8 Å². The number of hydrazone groups is 1. The number of rotatable bonds is 8. The number of hydrogen-bond acceptors (Lipinski definition) is 5. The number of amidine groups is 1.